The second-order valence-electron chi connectivity index (χ2n) is 7.61. The van der Waals surface area contributed by atoms with Crippen LogP contribution in [0.15, 0.2) is 57.6 Å². The Labute approximate surface area is 202 Å². The van der Waals surface area contributed by atoms with E-state index in [2.05, 4.69) is 15.9 Å². The summed E-state index contributed by atoms with van der Waals surface area (Å²) in [5.74, 6) is 0.855. The third kappa shape index (κ3) is 4.86. The topological polar surface area (TPSA) is 61.1 Å². The molecule has 0 saturated heterocycles. The Morgan fingerprint density at radius 3 is 2.50 bits per heavy atom. The van der Waals surface area contributed by atoms with Gasteiger partial charge < -0.3 is 23.5 Å². The molecule has 0 N–H and O–H groups in total. The molecule has 1 amide bonds. The Bertz CT molecular complexity index is 1190. The lowest BCUT2D eigenvalue weighted by atomic mass is 9.92. The van der Waals surface area contributed by atoms with Gasteiger partial charge in [-0.15, -0.1) is 0 Å². The van der Waals surface area contributed by atoms with E-state index in [0.717, 1.165) is 23.3 Å². The highest BCUT2D eigenvalue weighted by molar-refractivity contribution is 9.10. The van der Waals surface area contributed by atoms with Crippen LogP contribution in [0.3, 0.4) is 0 Å². The number of carbonyl (C=O) groups is 1. The monoisotopic (exact) mass is 539 g/mol. The second-order valence-corrected chi connectivity index (χ2v) is 8.39. The molecule has 1 aliphatic heterocycles. The first kappa shape index (κ1) is 24.0. The van der Waals surface area contributed by atoms with E-state index in [1.807, 2.05) is 6.07 Å². The summed E-state index contributed by atoms with van der Waals surface area (Å²) in [5, 5.41) is 0. The number of furan rings is 1. The van der Waals surface area contributed by atoms with Gasteiger partial charge in [0.1, 0.15) is 12.4 Å². The summed E-state index contributed by atoms with van der Waals surface area (Å²) in [6, 6.07) is 10.8. The predicted molar refractivity (Wildman–Crippen MR) is 120 cm³/mol. The maximum Gasteiger partial charge on any atom is 0.416 e. The highest BCUT2D eigenvalue weighted by atomic mass is 79.9. The smallest absolute Gasteiger partial charge is 0.416 e. The molecule has 0 saturated carbocycles. The minimum atomic E-state index is -4.49. The molecular weight excluding hydrogens is 519 g/mol. The number of carbonyl (C=O) groups excluding carboxylic acids is 1. The van der Waals surface area contributed by atoms with Gasteiger partial charge in [0.05, 0.1) is 25.8 Å². The van der Waals surface area contributed by atoms with Crippen LogP contribution in [0.25, 0.3) is 0 Å². The Kier molecular flexibility index (Phi) is 6.79. The zero-order valence-corrected chi connectivity index (χ0v) is 19.9. The van der Waals surface area contributed by atoms with E-state index in [1.54, 1.807) is 23.1 Å². The lowest BCUT2D eigenvalue weighted by Gasteiger charge is -2.37. The average Bonchev–Trinajstić information content (AvgIpc) is 3.26. The first-order valence-electron chi connectivity index (χ1n) is 10.3. The van der Waals surface area contributed by atoms with Gasteiger partial charge in [0.25, 0.3) is 5.91 Å². The van der Waals surface area contributed by atoms with Crippen LogP contribution in [-0.2, 0) is 12.6 Å². The van der Waals surface area contributed by atoms with Gasteiger partial charge in [0.15, 0.2) is 21.9 Å². The Hall–Kier alpha value is -3.14. The van der Waals surface area contributed by atoms with Gasteiger partial charge in [-0.05, 0) is 75.9 Å². The van der Waals surface area contributed by atoms with Crippen molar-refractivity contribution in [1.82, 2.24) is 4.90 Å². The SMILES string of the molecule is COc1cc2c(cc1OC)C(COc1cccc(C(F)(F)F)c1)N(C(=O)c1ccc(Br)o1)CC2. The summed E-state index contributed by atoms with van der Waals surface area (Å²) in [6.07, 6.45) is -3.95. The van der Waals surface area contributed by atoms with Crippen LogP contribution in [0.4, 0.5) is 13.2 Å². The number of hydrogen-bond acceptors (Lipinski definition) is 5. The minimum Gasteiger partial charge on any atom is -0.493 e. The van der Waals surface area contributed by atoms with Crippen LogP contribution < -0.4 is 14.2 Å². The van der Waals surface area contributed by atoms with Crippen LogP contribution in [0.5, 0.6) is 17.2 Å². The van der Waals surface area contributed by atoms with Crippen molar-refractivity contribution in [2.24, 2.45) is 0 Å². The van der Waals surface area contributed by atoms with Crippen molar-refractivity contribution >= 4 is 21.8 Å². The molecule has 0 bridgehead atoms. The molecule has 3 aromatic rings. The minimum absolute atomic E-state index is 0.0515. The van der Waals surface area contributed by atoms with E-state index in [9.17, 15) is 18.0 Å². The predicted octanol–water partition coefficient (Wildman–Crippen LogP) is 5.90. The van der Waals surface area contributed by atoms with Crippen LogP contribution in [0.2, 0.25) is 0 Å². The van der Waals surface area contributed by atoms with Crippen molar-refractivity contribution in [2.75, 3.05) is 27.4 Å². The van der Waals surface area contributed by atoms with Gasteiger partial charge in [-0.25, -0.2) is 0 Å². The summed E-state index contributed by atoms with van der Waals surface area (Å²) in [4.78, 5) is 14.8. The fraction of sp³-hybridized carbons (Fsp3) is 0.292. The highest BCUT2D eigenvalue weighted by Gasteiger charge is 2.35. The largest absolute Gasteiger partial charge is 0.493 e. The van der Waals surface area contributed by atoms with Crippen molar-refractivity contribution in [3.05, 3.63) is 75.7 Å². The summed E-state index contributed by atoms with van der Waals surface area (Å²) in [7, 11) is 3.04. The number of rotatable bonds is 6. The van der Waals surface area contributed by atoms with Gasteiger partial charge in [0.2, 0.25) is 0 Å². The fourth-order valence-corrected chi connectivity index (χ4v) is 4.27. The molecule has 1 aromatic heterocycles. The molecule has 2 heterocycles. The molecule has 4 rings (SSSR count). The van der Waals surface area contributed by atoms with Crippen LogP contribution in [-0.4, -0.2) is 38.2 Å². The summed E-state index contributed by atoms with van der Waals surface area (Å²) >= 11 is 3.20. The van der Waals surface area contributed by atoms with Crippen LogP contribution in [0.1, 0.15) is 33.3 Å². The molecule has 6 nitrogen and oxygen atoms in total. The summed E-state index contributed by atoms with van der Waals surface area (Å²) < 4.78 is 61.8. The van der Waals surface area contributed by atoms with E-state index >= 15 is 0 Å². The number of halogens is 4. The second kappa shape index (κ2) is 9.61. The molecule has 2 aromatic carbocycles. The van der Waals surface area contributed by atoms with Crippen LogP contribution in [0, 0.1) is 0 Å². The third-order valence-corrected chi connectivity index (χ3v) is 6.04. The molecule has 0 spiro atoms. The Balaban J connectivity index is 1.69. The van der Waals surface area contributed by atoms with Crippen molar-refractivity contribution in [1.29, 1.82) is 0 Å². The van der Waals surface area contributed by atoms with E-state index in [4.69, 9.17) is 18.6 Å². The summed E-state index contributed by atoms with van der Waals surface area (Å²) in [6.45, 7) is 0.285. The number of ether oxygens (including phenoxy) is 3. The normalized spacial score (nSPS) is 15.6. The molecule has 180 valence electrons. The van der Waals surface area contributed by atoms with E-state index in [0.29, 0.717) is 29.1 Å². The molecule has 10 heteroatoms. The first-order chi connectivity index (χ1) is 16.2. The van der Waals surface area contributed by atoms with Gasteiger partial charge in [-0.2, -0.15) is 13.2 Å². The number of amides is 1. The maximum atomic E-state index is 13.3. The number of benzene rings is 2. The number of methoxy groups -OCH3 is 2. The number of hydrogen-bond donors (Lipinski definition) is 0. The maximum absolute atomic E-state index is 13.3. The van der Waals surface area contributed by atoms with Gasteiger partial charge >= 0.3 is 6.18 Å². The van der Waals surface area contributed by atoms with E-state index in [-0.39, 0.29) is 24.0 Å². The van der Waals surface area contributed by atoms with Gasteiger partial charge in [0, 0.05) is 6.54 Å². The lowest BCUT2D eigenvalue weighted by molar-refractivity contribution is -0.137. The molecule has 0 aliphatic carbocycles. The standard InChI is InChI=1S/C24H21BrF3NO5/c1-31-20-10-14-8-9-29(23(30)19-6-7-22(25)34-19)18(17(14)12-21(20)32-2)13-33-16-5-3-4-15(11-16)24(26,27)28/h3-7,10-12,18H,8-9,13H2,1-2H3. The van der Waals surface area contributed by atoms with Gasteiger partial charge in [-0.3, -0.25) is 4.79 Å². The number of fused-ring (bicyclic) bond motifs is 1. The molecule has 0 fully saturated rings. The Morgan fingerprint density at radius 2 is 1.85 bits per heavy atom. The molecule has 34 heavy (non-hydrogen) atoms. The molecule has 0 radical (unpaired) electrons. The molecule has 1 atom stereocenters. The number of nitrogens with zero attached hydrogens (tertiary/aromatic N) is 1. The first-order valence-corrected chi connectivity index (χ1v) is 11.1. The zero-order chi connectivity index (χ0) is 24.5. The van der Waals surface area contributed by atoms with Crippen molar-refractivity contribution in [3.63, 3.8) is 0 Å². The van der Waals surface area contributed by atoms with Crippen LogP contribution >= 0.6 is 15.9 Å². The lowest BCUT2D eigenvalue weighted by Crippen LogP contribution is -2.42. The highest BCUT2D eigenvalue weighted by Crippen LogP contribution is 2.39. The van der Waals surface area contributed by atoms with Crippen molar-refractivity contribution in [3.8, 4) is 17.2 Å². The molecule has 1 unspecified atom stereocenters. The summed E-state index contributed by atoms with van der Waals surface area (Å²) in [5.41, 5.74) is 0.878. The average molecular weight is 540 g/mol. The van der Waals surface area contributed by atoms with Crippen molar-refractivity contribution in [2.45, 2.75) is 18.6 Å². The van der Waals surface area contributed by atoms with Gasteiger partial charge in [-0.1, -0.05) is 6.07 Å². The Morgan fingerprint density at radius 1 is 1.12 bits per heavy atom. The van der Waals surface area contributed by atoms with Crippen molar-refractivity contribution < 1.29 is 36.6 Å². The van der Waals surface area contributed by atoms with E-state index in [1.165, 1.54) is 26.4 Å². The zero-order valence-electron chi connectivity index (χ0n) is 18.3. The molecular formula is C24H21BrF3NO5. The molecule has 1 aliphatic rings. The third-order valence-electron chi connectivity index (χ3n) is 5.62. The number of alkyl halides is 3. The fourth-order valence-electron chi connectivity index (χ4n) is 3.96. The van der Waals surface area contributed by atoms with E-state index < -0.39 is 17.8 Å². The quantitative estimate of drug-likeness (QED) is 0.390.